The fourth-order valence-corrected chi connectivity index (χ4v) is 2.29. The van der Waals surface area contributed by atoms with Crippen molar-refractivity contribution in [3.05, 3.63) is 46.7 Å². The Bertz CT molecular complexity index is 655. The summed E-state index contributed by atoms with van der Waals surface area (Å²) in [6.07, 6.45) is 0.834. The first-order valence-electron chi connectivity index (χ1n) is 7.30. The number of carbonyl (C=O) groups excluding carboxylic acids is 1. The summed E-state index contributed by atoms with van der Waals surface area (Å²) in [5.41, 5.74) is 2.01. The van der Waals surface area contributed by atoms with Crippen LogP contribution in [0.2, 0.25) is 5.02 Å². The van der Waals surface area contributed by atoms with Crippen molar-refractivity contribution in [2.75, 3.05) is 6.54 Å². The Morgan fingerprint density at radius 1 is 1.45 bits per heavy atom. The Labute approximate surface area is 134 Å². The molecule has 6 heteroatoms. The van der Waals surface area contributed by atoms with E-state index in [0.29, 0.717) is 30.1 Å². The molecule has 1 heterocycles. The third-order valence-corrected chi connectivity index (χ3v) is 3.64. The fraction of sp³-hybridized carbons (Fsp3) is 0.375. The second kappa shape index (κ2) is 7.42. The first kappa shape index (κ1) is 16.5. The van der Waals surface area contributed by atoms with Gasteiger partial charge >= 0.3 is 0 Å². The van der Waals surface area contributed by atoms with Gasteiger partial charge in [-0.3, -0.25) is 4.79 Å². The molecule has 0 saturated heterocycles. The maximum atomic E-state index is 12.1. The van der Waals surface area contributed by atoms with Crippen molar-refractivity contribution in [3.8, 4) is 5.69 Å². The average molecular weight is 322 g/mol. The first-order chi connectivity index (χ1) is 10.5. The lowest BCUT2D eigenvalue weighted by molar-refractivity contribution is 0.0936. The van der Waals surface area contributed by atoms with Gasteiger partial charge in [0.05, 0.1) is 11.8 Å². The number of aromatic nitrogens is 2. The van der Waals surface area contributed by atoms with Gasteiger partial charge < -0.3 is 10.4 Å². The van der Waals surface area contributed by atoms with Gasteiger partial charge in [0.1, 0.15) is 0 Å². The van der Waals surface area contributed by atoms with Crippen molar-refractivity contribution >= 4 is 17.5 Å². The van der Waals surface area contributed by atoms with Crippen LogP contribution in [0.25, 0.3) is 5.69 Å². The lowest BCUT2D eigenvalue weighted by Gasteiger charge is -2.07. The van der Waals surface area contributed by atoms with E-state index in [1.165, 1.54) is 0 Å². The average Bonchev–Trinajstić information content (AvgIpc) is 2.89. The zero-order valence-electron chi connectivity index (χ0n) is 12.7. The zero-order valence-corrected chi connectivity index (χ0v) is 13.5. The monoisotopic (exact) mass is 321 g/mol. The smallest absolute Gasteiger partial charge is 0.271 e. The highest BCUT2D eigenvalue weighted by Gasteiger charge is 2.13. The molecule has 0 spiro atoms. The highest BCUT2D eigenvalue weighted by molar-refractivity contribution is 6.30. The SMILES string of the molecule is CCC(O)CCNC(=O)c1cc(C)n(-c2cccc(Cl)c2)n1. The zero-order chi connectivity index (χ0) is 16.1. The van der Waals surface area contributed by atoms with E-state index in [1.807, 2.05) is 26.0 Å². The number of benzene rings is 1. The summed E-state index contributed by atoms with van der Waals surface area (Å²) in [4.78, 5) is 12.1. The van der Waals surface area contributed by atoms with E-state index in [0.717, 1.165) is 11.4 Å². The molecule has 0 aliphatic rings. The molecule has 2 aromatic rings. The Hall–Kier alpha value is -1.85. The molecular formula is C16H20ClN3O2. The fourth-order valence-electron chi connectivity index (χ4n) is 2.10. The number of nitrogens with zero attached hydrogens (tertiary/aromatic N) is 2. The van der Waals surface area contributed by atoms with Gasteiger partial charge in [-0.15, -0.1) is 0 Å². The lowest BCUT2D eigenvalue weighted by atomic mass is 10.2. The summed E-state index contributed by atoms with van der Waals surface area (Å²) in [7, 11) is 0. The van der Waals surface area contributed by atoms with Crippen molar-refractivity contribution < 1.29 is 9.90 Å². The van der Waals surface area contributed by atoms with Gasteiger partial charge in [-0.05, 0) is 44.0 Å². The second-order valence-electron chi connectivity index (χ2n) is 5.17. The molecule has 0 fully saturated rings. The van der Waals surface area contributed by atoms with Crippen LogP contribution in [-0.4, -0.2) is 33.4 Å². The van der Waals surface area contributed by atoms with Gasteiger partial charge in [-0.25, -0.2) is 4.68 Å². The molecule has 22 heavy (non-hydrogen) atoms. The molecule has 1 aromatic carbocycles. The molecule has 5 nitrogen and oxygen atoms in total. The molecule has 0 saturated carbocycles. The van der Waals surface area contributed by atoms with E-state index in [1.54, 1.807) is 22.9 Å². The van der Waals surface area contributed by atoms with Gasteiger partial charge in [0.2, 0.25) is 0 Å². The van der Waals surface area contributed by atoms with Gasteiger partial charge in [-0.1, -0.05) is 24.6 Å². The Morgan fingerprint density at radius 3 is 2.91 bits per heavy atom. The number of aliphatic hydroxyl groups is 1. The van der Waals surface area contributed by atoms with Crippen LogP contribution in [0.1, 0.15) is 35.9 Å². The minimum absolute atomic E-state index is 0.243. The van der Waals surface area contributed by atoms with Crippen molar-refractivity contribution in [2.24, 2.45) is 0 Å². The summed E-state index contributed by atoms with van der Waals surface area (Å²) in [5.74, 6) is -0.243. The van der Waals surface area contributed by atoms with E-state index in [-0.39, 0.29) is 12.0 Å². The molecule has 0 aliphatic carbocycles. The Morgan fingerprint density at radius 2 is 2.23 bits per heavy atom. The van der Waals surface area contributed by atoms with Crippen molar-refractivity contribution in [1.82, 2.24) is 15.1 Å². The quantitative estimate of drug-likeness (QED) is 0.859. The number of rotatable bonds is 6. The van der Waals surface area contributed by atoms with Gasteiger partial charge in [-0.2, -0.15) is 5.10 Å². The molecule has 1 unspecified atom stereocenters. The predicted octanol–water partition coefficient (Wildman–Crippen LogP) is 2.72. The number of aryl methyl sites for hydroxylation is 1. The van der Waals surface area contributed by atoms with Crippen LogP contribution >= 0.6 is 11.6 Å². The van der Waals surface area contributed by atoms with Gasteiger partial charge in [0.25, 0.3) is 5.91 Å². The standard InChI is InChI=1S/C16H20ClN3O2/c1-3-14(21)7-8-18-16(22)15-9-11(2)20(19-15)13-6-4-5-12(17)10-13/h4-6,9-10,14,21H,3,7-8H2,1-2H3,(H,18,22). The molecule has 1 aromatic heterocycles. The van der Waals surface area contributed by atoms with E-state index < -0.39 is 0 Å². The van der Waals surface area contributed by atoms with E-state index >= 15 is 0 Å². The minimum Gasteiger partial charge on any atom is -0.393 e. The molecule has 118 valence electrons. The topological polar surface area (TPSA) is 67.2 Å². The van der Waals surface area contributed by atoms with Crippen molar-refractivity contribution in [3.63, 3.8) is 0 Å². The molecule has 2 N–H and O–H groups in total. The van der Waals surface area contributed by atoms with Crippen LogP contribution in [0.3, 0.4) is 0 Å². The third-order valence-electron chi connectivity index (χ3n) is 3.41. The predicted molar refractivity (Wildman–Crippen MR) is 86.6 cm³/mol. The summed E-state index contributed by atoms with van der Waals surface area (Å²) in [5, 5.41) is 17.2. The van der Waals surface area contributed by atoms with Crippen LogP contribution in [0.4, 0.5) is 0 Å². The molecule has 0 aliphatic heterocycles. The number of nitrogens with one attached hydrogen (secondary N) is 1. The minimum atomic E-state index is -0.383. The number of aliphatic hydroxyl groups excluding tert-OH is 1. The van der Waals surface area contributed by atoms with Gasteiger partial charge in [0.15, 0.2) is 5.69 Å². The van der Waals surface area contributed by atoms with Gasteiger partial charge in [0, 0.05) is 17.3 Å². The molecular weight excluding hydrogens is 302 g/mol. The lowest BCUT2D eigenvalue weighted by Crippen LogP contribution is -2.27. The van der Waals surface area contributed by atoms with E-state index in [2.05, 4.69) is 10.4 Å². The molecule has 1 amide bonds. The molecule has 0 radical (unpaired) electrons. The maximum absolute atomic E-state index is 12.1. The number of halogens is 1. The number of carbonyl (C=O) groups is 1. The van der Waals surface area contributed by atoms with Crippen LogP contribution in [-0.2, 0) is 0 Å². The highest BCUT2D eigenvalue weighted by Crippen LogP contribution is 2.16. The van der Waals surface area contributed by atoms with Crippen LogP contribution < -0.4 is 5.32 Å². The van der Waals surface area contributed by atoms with Crippen LogP contribution in [0, 0.1) is 6.92 Å². The van der Waals surface area contributed by atoms with Crippen molar-refractivity contribution in [1.29, 1.82) is 0 Å². The third kappa shape index (κ3) is 4.08. The number of amides is 1. The van der Waals surface area contributed by atoms with Crippen LogP contribution in [0.5, 0.6) is 0 Å². The molecule has 1 atom stereocenters. The summed E-state index contributed by atoms with van der Waals surface area (Å²) in [6, 6.07) is 9.03. The second-order valence-corrected chi connectivity index (χ2v) is 5.61. The Balaban J connectivity index is 2.07. The van der Waals surface area contributed by atoms with Crippen molar-refractivity contribution in [2.45, 2.75) is 32.8 Å². The highest BCUT2D eigenvalue weighted by atomic mass is 35.5. The maximum Gasteiger partial charge on any atom is 0.271 e. The Kier molecular flexibility index (Phi) is 5.57. The molecule has 0 bridgehead atoms. The summed E-state index contributed by atoms with van der Waals surface area (Å²) >= 11 is 5.98. The molecule has 2 rings (SSSR count). The first-order valence-corrected chi connectivity index (χ1v) is 7.68. The number of hydrogen-bond acceptors (Lipinski definition) is 3. The summed E-state index contributed by atoms with van der Waals surface area (Å²) < 4.78 is 1.68. The number of hydrogen-bond donors (Lipinski definition) is 2. The largest absolute Gasteiger partial charge is 0.393 e. The normalized spacial score (nSPS) is 12.2. The summed E-state index contributed by atoms with van der Waals surface area (Å²) in [6.45, 7) is 4.21. The van der Waals surface area contributed by atoms with E-state index in [4.69, 9.17) is 11.6 Å². The van der Waals surface area contributed by atoms with Crippen LogP contribution in [0.15, 0.2) is 30.3 Å². The van der Waals surface area contributed by atoms with E-state index in [9.17, 15) is 9.90 Å².